The van der Waals surface area contributed by atoms with Crippen LogP contribution in [0.1, 0.15) is 19.8 Å². The van der Waals surface area contributed by atoms with E-state index in [-0.39, 0.29) is 0 Å². The van der Waals surface area contributed by atoms with Gasteiger partial charge in [-0.1, -0.05) is 17.7 Å². The highest BCUT2D eigenvalue weighted by atomic mass is 32.2. The molecule has 0 nitrogen and oxygen atoms in total. The Morgan fingerprint density at radius 3 is 3.00 bits per heavy atom. The van der Waals surface area contributed by atoms with Crippen LogP contribution in [0.5, 0.6) is 0 Å². The Morgan fingerprint density at radius 2 is 2.45 bits per heavy atom. The maximum absolute atomic E-state index is 3.86. The predicted molar refractivity (Wildman–Crippen MR) is 54.0 cm³/mol. The summed E-state index contributed by atoms with van der Waals surface area (Å²) in [6.45, 7) is 6.09. The van der Waals surface area contributed by atoms with Crippen LogP contribution < -0.4 is 0 Å². The minimum Gasteiger partial charge on any atom is -0.161 e. The third-order valence-electron chi connectivity index (χ3n) is 2.34. The SMILES string of the molecule is C=CC1CC=C(C)CC1SC. The molecule has 0 radical (unpaired) electrons. The van der Waals surface area contributed by atoms with E-state index >= 15 is 0 Å². The molecule has 0 fully saturated rings. The molecule has 0 spiro atoms. The van der Waals surface area contributed by atoms with Crippen LogP contribution in [-0.4, -0.2) is 11.5 Å². The highest BCUT2D eigenvalue weighted by Crippen LogP contribution is 2.32. The van der Waals surface area contributed by atoms with Gasteiger partial charge in [-0.15, -0.1) is 6.58 Å². The molecule has 0 saturated heterocycles. The fourth-order valence-electron chi connectivity index (χ4n) is 1.55. The first-order valence-electron chi connectivity index (χ1n) is 4.09. The van der Waals surface area contributed by atoms with Gasteiger partial charge >= 0.3 is 0 Å². The molecular formula is C10H16S. The summed E-state index contributed by atoms with van der Waals surface area (Å²) >= 11 is 1.97. The van der Waals surface area contributed by atoms with Crippen molar-refractivity contribution in [3.8, 4) is 0 Å². The second-order valence-corrected chi connectivity index (χ2v) is 4.24. The van der Waals surface area contributed by atoms with Gasteiger partial charge in [-0.2, -0.15) is 11.8 Å². The lowest BCUT2D eigenvalue weighted by molar-refractivity contribution is 0.586. The van der Waals surface area contributed by atoms with Crippen molar-refractivity contribution < 1.29 is 0 Å². The van der Waals surface area contributed by atoms with Gasteiger partial charge in [0.15, 0.2) is 0 Å². The third kappa shape index (κ3) is 2.13. The van der Waals surface area contributed by atoms with Crippen molar-refractivity contribution in [1.29, 1.82) is 0 Å². The van der Waals surface area contributed by atoms with Gasteiger partial charge in [0.1, 0.15) is 0 Å². The second-order valence-electron chi connectivity index (χ2n) is 3.16. The molecule has 0 aromatic carbocycles. The third-order valence-corrected chi connectivity index (χ3v) is 3.47. The maximum atomic E-state index is 3.86. The van der Waals surface area contributed by atoms with Gasteiger partial charge in [0.25, 0.3) is 0 Å². The zero-order chi connectivity index (χ0) is 8.27. The van der Waals surface area contributed by atoms with Crippen molar-refractivity contribution in [2.24, 2.45) is 5.92 Å². The fourth-order valence-corrected chi connectivity index (χ4v) is 2.55. The van der Waals surface area contributed by atoms with Crippen LogP contribution in [0.15, 0.2) is 24.3 Å². The summed E-state index contributed by atoms with van der Waals surface area (Å²) in [6, 6.07) is 0. The van der Waals surface area contributed by atoms with E-state index in [1.807, 2.05) is 11.8 Å². The molecule has 0 heterocycles. The largest absolute Gasteiger partial charge is 0.161 e. The topological polar surface area (TPSA) is 0 Å². The van der Waals surface area contributed by atoms with Crippen molar-refractivity contribution in [2.45, 2.75) is 25.0 Å². The van der Waals surface area contributed by atoms with E-state index < -0.39 is 0 Å². The van der Waals surface area contributed by atoms with Gasteiger partial charge in [0.2, 0.25) is 0 Å². The second kappa shape index (κ2) is 4.01. The zero-order valence-electron chi connectivity index (χ0n) is 7.34. The smallest absolute Gasteiger partial charge is 0.0147 e. The van der Waals surface area contributed by atoms with E-state index in [2.05, 4.69) is 31.9 Å². The van der Waals surface area contributed by atoms with E-state index in [1.165, 1.54) is 12.8 Å². The van der Waals surface area contributed by atoms with E-state index in [0.717, 1.165) is 5.25 Å². The van der Waals surface area contributed by atoms with Gasteiger partial charge in [-0.25, -0.2) is 0 Å². The Labute approximate surface area is 73.8 Å². The monoisotopic (exact) mass is 168 g/mol. The molecular weight excluding hydrogens is 152 g/mol. The molecule has 2 unspecified atom stereocenters. The van der Waals surface area contributed by atoms with Crippen molar-refractivity contribution >= 4 is 11.8 Å². The Morgan fingerprint density at radius 1 is 1.73 bits per heavy atom. The van der Waals surface area contributed by atoms with E-state index in [1.54, 1.807) is 5.57 Å². The molecule has 0 amide bonds. The van der Waals surface area contributed by atoms with Gasteiger partial charge in [-0.3, -0.25) is 0 Å². The molecule has 1 aliphatic carbocycles. The maximum Gasteiger partial charge on any atom is 0.0147 e. The minimum absolute atomic E-state index is 0.702. The number of hydrogen-bond donors (Lipinski definition) is 0. The molecule has 1 heteroatoms. The molecule has 1 aliphatic rings. The average Bonchev–Trinajstić information content (AvgIpc) is 2.04. The minimum atomic E-state index is 0.702. The number of thioether (sulfide) groups is 1. The molecule has 0 aromatic rings. The predicted octanol–water partition coefficient (Wildman–Crippen LogP) is 3.26. The molecule has 0 aromatic heterocycles. The summed E-state index contributed by atoms with van der Waals surface area (Å²) in [4.78, 5) is 0. The lowest BCUT2D eigenvalue weighted by Gasteiger charge is -2.26. The standard InChI is InChI=1S/C10H16S/c1-4-9-6-5-8(2)7-10(9)11-3/h4-5,9-10H,1,6-7H2,2-3H3. The van der Waals surface area contributed by atoms with E-state index in [9.17, 15) is 0 Å². The lowest BCUT2D eigenvalue weighted by Crippen LogP contribution is -2.18. The van der Waals surface area contributed by atoms with Crippen LogP contribution in [0.3, 0.4) is 0 Å². The van der Waals surface area contributed by atoms with Crippen LogP contribution in [-0.2, 0) is 0 Å². The first-order valence-corrected chi connectivity index (χ1v) is 5.37. The van der Waals surface area contributed by atoms with Gasteiger partial charge in [0.05, 0.1) is 0 Å². The molecule has 0 saturated carbocycles. The Balaban J connectivity index is 2.62. The number of rotatable bonds is 2. The van der Waals surface area contributed by atoms with Crippen molar-refractivity contribution in [1.82, 2.24) is 0 Å². The van der Waals surface area contributed by atoms with Crippen LogP contribution in [0.4, 0.5) is 0 Å². The summed E-state index contributed by atoms with van der Waals surface area (Å²) in [5.41, 5.74) is 1.54. The van der Waals surface area contributed by atoms with Gasteiger partial charge in [0, 0.05) is 5.25 Å². The molecule has 0 N–H and O–H groups in total. The van der Waals surface area contributed by atoms with Crippen LogP contribution in [0.25, 0.3) is 0 Å². The number of allylic oxidation sites excluding steroid dienone is 3. The van der Waals surface area contributed by atoms with Crippen molar-refractivity contribution in [2.75, 3.05) is 6.26 Å². The summed E-state index contributed by atoms with van der Waals surface area (Å²) < 4.78 is 0. The molecule has 62 valence electrons. The van der Waals surface area contributed by atoms with Gasteiger partial charge < -0.3 is 0 Å². The summed E-state index contributed by atoms with van der Waals surface area (Å²) in [6.07, 6.45) is 9.08. The first-order chi connectivity index (χ1) is 5.27. The van der Waals surface area contributed by atoms with Gasteiger partial charge in [-0.05, 0) is 31.9 Å². The first kappa shape index (κ1) is 8.92. The number of hydrogen-bond acceptors (Lipinski definition) is 1. The van der Waals surface area contributed by atoms with E-state index in [4.69, 9.17) is 0 Å². The Hall–Kier alpha value is -0.170. The fraction of sp³-hybridized carbons (Fsp3) is 0.600. The quantitative estimate of drug-likeness (QED) is 0.570. The molecule has 0 aliphatic heterocycles. The zero-order valence-corrected chi connectivity index (χ0v) is 8.16. The Kier molecular flexibility index (Phi) is 3.25. The van der Waals surface area contributed by atoms with Crippen LogP contribution in [0.2, 0.25) is 0 Å². The van der Waals surface area contributed by atoms with E-state index in [0.29, 0.717) is 5.92 Å². The average molecular weight is 168 g/mol. The summed E-state index contributed by atoms with van der Waals surface area (Å²) in [5, 5.41) is 0.775. The lowest BCUT2D eigenvalue weighted by atomic mass is 9.90. The summed E-state index contributed by atoms with van der Waals surface area (Å²) in [5.74, 6) is 0.702. The highest BCUT2D eigenvalue weighted by molar-refractivity contribution is 7.99. The Bertz CT molecular complexity index is 170. The summed E-state index contributed by atoms with van der Waals surface area (Å²) in [7, 11) is 0. The molecule has 2 atom stereocenters. The molecule has 11 heavy (non-hydrogen) atoms. The molecule has 1 rings (SSSR count). The van der Waals surface area contributed by atoms with Crippen molar-refractivity contribution in [3.05, 3.63) is 24.3 Å². The van der Waals surface area contributed by atoms with Crippen molar-refractivity contribution in [3.63, 3.8) is 0 Å². The van der Waals surface area contributed by atoms with Crippen LogP contribution in [0, 0.1) is 5.92 Å². The normalized spacial score (nSPS) is 31.3. The highest BCUT2D eigenvalue weighted by Gasteiger charge is 2.20. The molecule has 0 bridgehead atoms. The van der Waals surface area contributed by atoms with Crippen LogP contribution >= 0.6 is 11.8 Å².